The number of nitrogens with zero attached hydrogens (tertiary/aromatic N) is 3. The molecule has 0 saturated heterocycles. The van der Waals surface area contributed by atoms with Crippen molar-refractivity contribution in [1.29, 1.82) is 0 Å². The maximum absolute atomic E-state index is 6.05. The lowest BCUT2D eigenvalue weighted by atomic mass is 10.1. The van der Waals surface area contributed by atoms with Crippen LogP contribution in [0.3, 0.4) is 0 Å². The topological polar surface area (TPSA) is 56.7 Å². The number of aromatic nitrogens is 3. The van der Waals surface area contributed by atoms with E-state index in [2.05, 4.69) is 14.8 Å². The van der Waals surface area contributed by atoms with Crippen LogP contribution in [0.1, 0.15) is 51.4 Å². The molecule has 1 aromatic heterocycles. The third-order valence-corrected chi connectivity index (χ3v) is 2.87. The van der Waals surface area contributed by atoms with E-state index >= 15 is 0 Å². The van der Waals surface area contributed by atoms with Gasteiger partial charge < -0.3 is 10.3 Å². The molecule has 0 spiro atoms. The summed E-state index contributed by atoms with van der Waals surface area (Å²) in [6.07, 6.45) is 6.92. The van der Waals surface area contributed by atoms with Gasteiger partial charge >= 0.3 is 0 Å². The second-order valence-corrected chi connectivity index (χ2v) is 4.72. The van der Waals surface area contributed by atoms with Crippen molar-refractivity contribution < 1.29 is 0 Å². The van der Waals surface area contributed by atoms with Gasteiger partial charge in [-0.3, -0.25) is 0 Å². The normalized spacial score (nSPS) is 19.1. The van der Waals surface area contributed by atoms with E-state index in [1.165, 1.54) is 25.7 Å². The summed E-state index contributed by atoms with van der Waals surface area (Å²) in [5, 5.41) is 8.09. The maximum atomic E-state index is 6.05. The van der Waals surface area contributed by atoms with E-state index in [4.69, 9.17) is 5.73 Å². The Kier molecular flexibility index (Phi) is 2.31. The second-order valence-electron chi connectivity index (χ2n) is 4.72. The highest BCUT2D eigenvalue weighted by molar-refractivity contribution is 5.02. The van der Waals surface area contributed by atoms with Gasteiger partial charge in [-0.2, -0.15) is 0 Å². The Labute approximate surface area is 84.5 Å². The molecule has 1 fully saturated rings. The Morgan fingerprint density at radius 1 is 1.43 bits per heavy atom. The molecule has 2 rings (SSSR count). The standard InChI is InChI=1S/C10H18N4/c1-10(2,11)9-13-12-7-14(9)8-5-3-4-6-8/h7-8H,3-6,11H2,1-2H3. The molecule has 1 heterocycles. The zero-order valence-electron chi connectivity index (χ0n) is 8.90. The summed E-state index contributed by atoms with van der Waals surface area (Å²) in [5.41, 5.74) is 5.66. The van der Waals surface area contributed by atoms with E-state index in [1.54, 1.807) is 0 Å². The van der Waals surface area contributed by atoms with Crippen LogP contribution < -0.4 is 5.73 Å². The summed E-state index contributed by atoms with van der Waals surface area (Å²) in [5.74, 6) is 0.907. The Morgan fingerprint density at radius 2 is 2.07 bits per heavy atom. The van der Waals surface area contributed by atoms with Crippen molar-refractivity contribution in [2.75, 3.05) is 0 Å². The molecule has 4 nitrogen and oxygen atoms in total. The zero-order chi connectivity index (χ0) is 10.2. The van der Waals surface area contributed by atoms with E-state index in [-0.39, 0.29) is 5.54 Å². The molecule has 2 N–H and O–H groups in total. The third-order valence-electron chi connectivity index (χ3n) is 2.87. The minimum atomic E-state index is -0.390. The summed E-state index contributed by atoms with van der Waals surface area (Å²) >= 11 is 0. The maximum Gasteiger partial charge on any atom is 0.152 e. The van der Waals surface area contributed by atoms with Crippen LogP contribution in [0.15, 0.2) is 6.33 Å². The van der Waals surface area contributed by atoms with E-state index in [0.29, 0.717) is 6.04 Å². The average Bonchev–Trinajstić information content (AvgIpc) is 2.73. The van der Waals surface area contributed by atoms with Crippen LogP contribution in [0.2, 0.25) is 0 Å². The molecule has 0 aliphatic heterocycles. The van der Waals surface area contributed by atoms with E-state index in [0.717, 1.165) is 5.82 Å². The monoisotopic (exact) mass is 194 g/mol. The van der Waals surface area contributed by atoms with Gasteiger partial charge in [0.1, 0.15) is 6.33 Å². The van der Waals surface area contributed by atoms with Gasteiger partial charge in [-0.1, -0.05) is 12.8 Å². The molecule has 0 unspecified atom stereocenters. The summed E-state index contributed by atoms with van der Waals surface area (Å²) in [6, 6.07) is 0.572. The molecule has 1 aliphatic rings. The van der Waals surface area contributed by atoms with Crippen LogP contribution in [0.4, 0.5) is 0 Å². The largest absolute Gasteiger partial charge is 0.319 e. The molecule has 4 heteroatoms. The smallest absolute Gasteiger partial charge is 0.152 e. The van der Waals surface area contributed by atoms with Gasteiger partial charge in [0.05, 0.1) is 5.54 Å². The van der Waals surface area contributed by atoms with Gasteiger partial charge in [0.25, 0.3) is 0 Å². The molecule has 0 amide bonds. The van der Waals surface area contributed by atoms with Crippen molar-refractivity contribution in [2.24, 2.45) is 5.73 Å². The Bertz CT molecular complexity index is 304. The quantitative estimate of drug-likeness (QED) is 0.777. The van der Waals surface area contributed by atoms with E-state index in [9.17, 15) is 0 Å². The molecule has 1 saturated carbocycles. The minimum Gasteiger partial charge on any atom is -0.319 e. The van der Waals surface area contributed by atoms with Crippen LogP contribution in [0, 0.1) is 0 Å². The fraction of sp³-hybridized carbons (Fsp3) is 0.800. The number of rotatable bonds is 2. The highest BCUT2D eigenvalue weighted by atomic mass is 15.3. The fourth-order valence-corrected chi connectivity index (χ4v) is 2.15. The van der Waals surface area contributed by atoms with Crippen LogP contribution in [-0.4, -0.2) is 14.8 Å². The summed E-state index contributed by atoms with van der Waals surface area (Å²) in [4.78, 5) is 0. The summed E-state index contributed by atoms with van der Waals surface area (Å²) < 4.78 is 2.16. The lowest BCUT2D eigenvalue weighted by Crippen LogP contribution is -2.33. The molecular formula is C10H18N4. The fourth-order valence-electron chi connectivity index (χ4n) is 2.15. The zero-order valence-corrected chi connectivity index (χ0v) is 8.90. The number of nitrogens with two attached hydrogens (primary N) is 1. The van der Waals surface area contributed by atoms with Crippen molar-refractivity contribution in [3.63, 3.8) is 0 Å². The molecule has 0 aromatic carbocycles. The summed E-state index contributed by atoms with van der Waals surface area (Å²) in [6.45, 7) is 3.95. The predicted molar refractivity (Wildman–Crippen MR) is 54.7 cm³/mol. The van der Waals surface area contributed by atoms with Crippen LogP contribution in [-0.2, 0) is 5.54 Å². The SMILES string of the molecule is CC(C)(N)c1nncn1C1CCCC1. The summed E-state index contributed by atoms with van der Waals surface area (Å²) in [7, 11) is 0. The Morgan fingerprint density at radius 3 is 2.64 bits per heavy atom. The van der Waals surface area contributed by atoms with Gasteiger partial charge in [0.2, 0.25) is 0 Å². The molecule has 0 atom stereocenters. The van der Waals surface area contributed by atoms with Crippen LogP contribution in [0.5, 0.6) is 0 Å². The van der Waals surface area contributed by atoms with Crippen molar-refractivity contribution in [1.82, 2.24) is 14.8 Å². The second kappa shape index (κ2) is 3.35. The minimum absolute atomic E-state index is 0.390. The van der Waals surface area contributed by atoms with Gasteiger partial charge in [-0.05, 0) is 26.7 Å². The molecular weight excluding hydrogens is 176 g/mol. The van der Waals surface area contributed by atoms with E-state index < -0.39 is 0 Å². The highest BCUT2D eigenvalue weighted by Crippen LogP contribution is 2.31. The van der Waals surface area contributed by atoms with Crippen molar-refractivity contribution >= 4 is 0 Å². The van der Waals surface area contributed by atoms with Gasteiger partial charge in [-0.15, -0.1) is 10.2 Å². The molecule has 0 bridgehead atoms. The Balaban J connectivity index is 2.29. The molecule has 78 valence electrons. The lowest BCUT2D eigenvalue weighted by molar-refractivity contribution is 0.424. The average molecular weight is 194 g/mol. The van der Waals surface area contributed by atoms with Gasteiger partial charge in [-0.25, -0.2) is 0 Å². The molecule has 14 heavy (non-hydrogen) atoms. The molecule has 1 aliphatic carbocycles. The predicted octanol–water partition coefficient (Wildman–Crippen LogP) is 1.59. The van der Waals surface area contributed by atoms with Crippen molar-refractivity contribution in [3.05, 3.63) is 12.2 Å². The first-order valence-corrected chi connectivity index (χ1v) is 5.28. The van der Waals surface area contributed by atoms with Gasteiger partial charge in [0.15, 0.2) is 5.82 Å². The van der Waals surface area contributed by atoms with E-state index in [1.807, 2.05) is 20.2 Å². The van der Waals surface area contributed by atoms with Gasteiger partial charge in [0, 0.05) is 6.04 Å². The number of hydrogen-bond acceptors (Lipinski definition) is 3. The molecule has 0 radical (unpaired) electrons. The lowest BCUT2D eigenvalue weighted by Gasteiger charge is -2.22. The van der Waals surface area contributed by atoms with Crippen molar-refractivity contribution in [2.45, 2.75) is 51.1 Å². The Hall–Kier alpha value is -0.900. The molecule has 1 aromatic rings. The first-order chi connectivity index (χ1) is 6.59. The third kappa shape index (κ3) is 1.66. The van der Waals surface area contributed by atoms with Crippen molar-refractivity contribution in [3.8, 4) is 0 Å². The van der Waals surface area contributed by atoms with Crippen LogP contribution in [0.25, 0.3) is 0 Å². The first kappa shape index (κ1) is 9.65. The highest BCUT2D eigenvalue weighted by Gasteiger charge is 2.26. The van der Waals surface area contributed by atoms with Crippen LogP contribution >= 0.6 is 0 Å². The first-order valence-electron chi connectivity index (χ1n) is 5.28. The number of hydrogen-bond donors (Lipinski definition) is 1.